The highest BCUT2D eigenvalue weighted by molar-refractivity contribution is 5.85. The highest BCUT2D eigenvalue weighted by Gasteiger charge is 2.30. The number of nitrogens with one attached hydrogen (secondary N) is 1. The van der Waals surface area contributed by atoms with Crippen LogP contribution >= 0.6 is 0 Å². The fraction of sp³-hybridized carbons (Fsp3) is 0.529. The van der Waals surface area contributed by atoms with Gasteiger partial charge >= 0.3 is 5.97 Å². The first-order valence-corrected chi connectivity index (χ1v) is 7.46. The summed E-state index contributed by atoms with van der Waals surface area (Å²) in [5.41, 5.74) is 0.720. The van der Waals surface area contributed by atoms with Crippen molar-refractivity contribution in [3.63, 3.8) is 0 Å². The van der Waals surface area contributed by atoms with Crippen LogP contribution in [0.25, 0.3) is 0 Å². The van der Waals surface area contributed by atoms with Gasteiger partial charge in [-0.05, 0) is 29.0 Å². The van der Waals surface area contributed by atoms with Gasteiger partial charge in [0, 0.05) is 6.42 Å². The van der Waals surface area contributed by atoms with Crippen molar-refractivity contribution in [2.24, 2.45) is 5.41 Å². The van der Waals surface area contributed by atoms with Gasteiger partial charge in [0.1, 0.15) is 5.75 Å². The lowest BCUT2D eigenvalue weighted by Crippen LogP contribution is -2.44. The van der Waals surface area contributed by atoms with E-state index in [0.717, 1.165) is 5.56 Å². The molecule has 6 nitrogen and oxygen atoms in total. The lowest BCUT2D eigenvalue weighted by Gasteiger charge is -2.31. The quantitative estimate of drug-likeness (QED) is 0.691. The summed E-state index contributed by atoms with van der Waals surface area (Å²) in [7, 11) is 1.20. The van der Waals surface area contributed by atoms with Crippen LogP contribution in [0, 0.1) is 5.41 Å². The Labute approximate surface area is 136 Å². The molecule has 1 amide bonds. The molecular formula is C17H25NO5. The van der Waals surface area contributed by atoms with E-state index >= 15 is 0 Å². The number of rotatable bonds is 6. The third kappa shape index (κ3) is 5.56. The summed E-state index contributed by atoms with van der Waals surface area (Å²) in [6, 6.07) is 5.66. The lowest BCUT2D eigenvalue weighted by molar-refractivity contribution is -0.146. The minimum atomic E-state index is -1.06. The second kappa shape index (κ2) is 7.97. The van der Waals surface area contributed by atoms with Crippen molar-refractivity contribution >= 4 is 11.9 Å². The summed E-state index contributed by atoms with van der Waals surface area (Å²) in [5.74, 6) is -0.975. The molecule has 0 radical (unpaired) electrons. The molecule has 0 aromatic heterocycles. The molecular weight excluding hydrogens is 298 g/mol. The molecule has 0 spiro atoms. The third-order valence-corrected chi connectivity index (χ3v) is 3.73. The Morgan fingerprint density at radius 3 is 2.22 bits per heavy atom. The molecule has 0 saturated heterocycles. The number of phenolic OH excluding ortho intramolecular Hbond substituents is 1. The molecule has 0 aliphatic rings. The number of aliphatic hydroxyl groups excluding tert-OH is 1. The minimum absolute atomic E-state index is 0.111. The number of carbonyl (C=O) groups is 2. The predicted molar refractivity (Wildman–Crippen MR) is 86.0 cm³/mol. The van der Waals surface area contributed by atoms with E-state index in [2.05, 4.69) is 10.1 Å². The van der Waals surface area contributed by atoms with Crippen molar-refractivity contribution in [1.29, 1.82) is 0 Å². The van der Waals surface area contributed by atoms with Crippen LogP contribution in [0.5, 0.6) is 5.75 Å². The molecule has 6 heteroatoms. The summed E-state index contributed by atoms with van der Waals surface area (Å²) in [5, 5.41) is 21.1. The third-order valence-electron chi connectivity index (χ3n) is 3.73. The average Bonchev–Trinajstić information content (AvgIpc) is 2.49. The normalized spacial score (nSPS) is 14.0. The van der Waals surface area contributed by atoms with Crippen molar-refractivity contribution < 1.29 is 24.5 Å². The molecule has 23 heavy (non-hydrogen) atoms. The van der Waals surface area contributed by atoms with E-state index in [4.69, 9.17) is 0 Å². The fourth-order valence-electron chi connectivity index (χ4n) is 2.39. The van der Waals surface area contributed by atoms with Crippen LogP contribution in [-0.4, -0.2) is 41.8 Å². The zero-order valence-electron chi connectivity index (χ0n) is 14.0. The number of benzene rings is 1. The van der Waals surface area contributed by atoms with E-state index in [9.17, 15) is 19.8 Å². The zero-order chi connectivity index (χ0) is 17.6. The number of ether oxygens (including phenoxy) is 1. The first-order chi connectivity index (χ1) is 10.7. The lowest BCUT2D eigenvalue weighted by atomic mass is 9.74. The number of aliphatic hydroxyl groups is 1. The van der Waals surface area contributed by atoms with Crippen LogP contribution in [-0.2, 0) is 14.3 Å². The van der Waals surface area contributed by atoms with Gasteiger partial charge in [0.05, 0.1) is 13.7 Å². The smallest absolute Gasteiger partial charge is 0.330 e. The number of methoxy groups -OCH3 is 1. The Hall–Kier alpha value is -2.08. The molecule has 0 heterocycles. The molecule has 1 unspecified atom stereocenters. The molecule has 0 fully saturated rings. The second-order valence-electron chi connectivity index (χ2n) is 6.54. The van der Waals surface area contributed by atoms with E-state index in [1.807, 2.05) is 20.8 Å². The Kier molecular flexibility index (Phi) is 6.57. The van der Waals surface area contributed by atoms with Crippen molar-refractivity contribution in [3.8, 4) is 5.75 Å². The Balaban J connectivity index is 2.88. The highest BCUT2D eigenvalue weighted by Crippen LogP contribution is 2.38. The topological polar surface area (TPSA) is 95.9 Å². The molecule has 0 aliphatic carbocycles. The monoisotopic (exact) mass is 323 g/mol. The van der Waals surface area contributed by atoms with Gasteiger partial charge in [0.25, 0.3) is 0 Å². The first kappa shape index (κ1) is 19.0. The van der Waals surface area contributed by atoms with E-state index < -0.39 is 18.6 Å². The number of phenols is 1. The maximum atomic E-state index is 12.3. The van der Waals surface area contributed by atoms with Gasteiger partial charge in [0.15, 0.2) is 6.04 Å². The van der Waals surface area contributed by atoms with E-state index in [-0.39, 0.29) is 29.4 Å². The molecule has 2 atom stereocenters. The standard InChI is InChI=1S/C17H25NO5/c1-17(2,3)13(11-5-7-12(20)8-6-11)9-15(21)18-14(10-19)16(22)23-4/h5-8,13-14,19-20H,9-10H2,1-4H3,(H,18,21)/t13?,14-/m0/s1. The molecule has 0 saturated carbocycles. The molecule has 0 aliphatic heterocycles. The van der Waals surface area contributed by atoms with Gasteiger partial charge < -0.3 is 20.3 Å². The highest BCUT2D eigenvalue weighted by atomic mass is 16.5. The Morgan fingerprint density at radius 2 is 1.78 bits per heavy atom. The first-order valence-electron chi connectivity index (χ1n) is 7.46. The minimum Gasteiger partial charge on any atom is -0.508 e. The van der Waals surface area contributed by atoms with Crippen LogP contribution in [0.2, 0.25) is 0 Å². The van der Waals surface area contributed by atoms with Crippen molar-refractivity contribution in [1.82, 2.24) is 5.32 Å². The van der Waals surface area contributed by atoms with Crippen molar-refractivity contribution in [3.05, 3.63) is 29.8 Å². The van der Waals surface area contributed by atoms with Crippen LogP contribution in [0.15, 0.2) is 24.3 Å². The number of hydrogen-bond donors (Lipinski definition) is 3. The van der Waals surface area contributed by atoms with E-state index in [1.165, 1.54) is 7.11 Å². The molecule has 1 rings (SSSR count). The van der Waals surface area contributed by atoms with Crippen LogP contribution in [0.1, 0.15) is 38.7 Å². The van der Waals surface area contributed by atoms with Gasteiger partial charge in [-0.15, -0.1) is 0 Å². The second-order valence-corrected chi connectivity index (χ2v) is 6.54. The molecule has 1 aromatic carbocycles. The van der Waals surface area contributed by atoms with Gasteiger partial charge in [-0.1, -0.05) is 32.9 Å². The summed E-state index contributed by atoms with van der Waals surface area (Å²) in [6.07, 6.45) is 0.155. The van der Waals surface area contributed by atoms with Crippen LogP contribution in [0.4, 0.5) is 0 Å². The molecule has 3 N–H and O–H groups in total. The predicted octanol–water partition coefficient (Wildman–Crippen LogP) is 1.56. The van der Waals surface area contributed by atoms with Gasteiger partial charge in [-0.3, -0.25) is 4.79 Å². The summed E-state index contributed by atoms with van der Waals surface area (Å²) in [4.78, 5) is 23.7. The summed E-state index contributed by atoms with van der Waals surface area (Å²) in [6.45, 7) is 5.53. The van der Waals surface area contributed by atoms with E-state index in [0.29, 0.717) is 0 Å². The number of esters is 1. The van der Waals surface area contributed by atoms with Crippen LogP contribution in [0.3, 0.4) is 0 Å². The SMILES string of the molecule is COC(=O)[C@H](CO)NC(=O)CC(c1ccc(O)cc1)C(C)(C)C. The number of aromatic hydroxyl groups is 1. The van der Waals surface area contributed by atoms with Crippen molar-refractivity contribution in [2.75, 3.05) is 13.7 Å². The van der Waals surface area contributed by atoms with Crippen molar-refractivity contribution in [2.45, 2.75) is 39.2 Å². The maximum absolute atomic E-state index is 12.3. The number of carbonyl (C=O) groups excluding carboxylic acids is 2. The van der Waals surface area contributed by atoms with Crippen LogP contribution < -0.4 is 5.32 Å². The molecule has 1 aromatic rings. The Bertz CT molecular complexity index is 533. The summed E-state index contributed by atoms with van der Waals surface area (Å²) >= 11 is 0. The average molecular weight is 323 g/mol. The van der Waals surface area contributed by atoms with E-state index in [1.54, 1.807) is 24.3 Å². The maximum Gasteiger partial charge on any atom is 0.330 e. The summed E-state index contributed by atoms with van der Waals surface area (Å²) < 4.78 is 4.53. The van der Waals surface area contributed by atoms with Gasteiger partial charge in [0.2, 0.25) is 5.91 Å². The van der Waals surface area contributed by atoms with Gasteiger partial charge in [-0.25, -0.2) is 4.79 Å². The number of hydrogen-bond acceptors (Lipinski definition) is 5. The molecule has 0 bridgehead atoms. The Morgan fingerprint density at radius 1 is 1.22 bits per heavy atom. The molecule has 128 valence electrons. The number of amides is 1. The largest absolute Gasteiger partial charge is 0.508 e. The fourth-order valence-corrected chi connectivity index (χ4v) is 2.39. The van der Waals surface area contributed by atoms with Gasteiger partial charge in [-0.2, -0.15) is 0 Å². The zero-order valence-corrected chi connectivity index (χ0v) is 14.0.